The molecular formula is C15H19F3N2O. The molecule has 2 N–H and O–H groups in total. The molecule has 6 heteroatoms. The van der Waals surface area contributed by atoms with Gasteiger partial charge in [0.25, 0.3) is 0 Å². The van der Waals surface area contributed by atoms with E-state index in [0.717, 1.165) is 16.9 Å². The molecule has 0 aromatic heterocycles. The third-order valence-electron chi connectivity index (χ3n) is 3.63. The Morgan fingerprint density at radius 1 is 1.33 bits per heavy atom. The summed E-state index contributed by atoms with van der Waals surface area (Å²) in [5.74, 6) is 0.721. The lowest BCUT2D eigenvalue weighted by Gasteiger charge is -2.27. The second-order valence-corrected chi connectivity index (χ2v) is 5.06. The van der Waals surface area contributed by atoms with E-state index in [1.807, 2.05) is 23.1 Å². The first-order chi connectivity index (χ1) is 9.94. The summed E-state index contributed by atoms with van der Waals surface area (Å²) in [7, 11) is 1.58. The van der Waals surface area contributed by atoms with Crippen LogP contribution in [0.15, 0.2) is 29.8 Å². The van der Waals surface area contributed by atoms with E-state index in [9.17, 15) is 13.2 Å². The van der Waals surface area contributed by atoms with Crippen LogP contribution >= 0.6 is 0 Å². The minimum absolute atomic E-state index is 0.0432. The molecule has 1 heterocycles. The highest BCUT2D eigenvalue weighted by atomic mass is 19.4. The maximum atomic E-state index is 12.6. The quantitative estimate of drug-likeness (QED) is 0.869. The zero-order valence-corrected chi connectivity index (χ0v) is 11.9. The lowest BCUT2D eigenvalue weighted by Crippen LogP contribution is -2.31. The summed E-state index contributed by atoms with van der Waals surface area (Å²) in [6.45, 7) is 1.72. The molecule has 0 unspecified atom stereocenters. The van der Waals surface area contributed by atoms with Crippen molar-refractivity contribution in [1.82, 2.24) is 4.90 Å². The monoisotopic (exact) mass is 300 g/mol. The zero-order valence-electron chi connectivity index (χ0n) is 11.9. The minimum Gasteiger partial charge on any atom is -0.496 e. The van der Waals surface area contributed by atoms with Crippen LogP contribution in [0, 0.1) is 0 Å². The smallest absolute Gasteiger partial charge is 0.412 e. The van der Waals surface area contributed by atoms with Gasteiger partial charge in [-0.1, -0.05) is 18.2 Å². The van der Waals surface area contributed by atoms with Crippen molar-refractivity contribution < 1.29 is 17.9 Å². The van der Waals surface area contributed by atoms with Crippen LogP contribution in [0.25, 0.3) is 0 Å². The Balaban J connectivity index is 2.02. The lowest BCUT2D eigenvalue weighted by atomic mass is 10.1. The van der Waals surface area contributed by atoms with Crippen molar-refractivity contribution in [2.75, 3.05) is 20.2 Å². The van der Waals surface area contributed by atoms with Gasteiger partial charge in [-0.15, -0.1) is 0 Å². The molecule has 1 aliphatic heterocycles. The van der Waals surface area contributed by atoms with Crippen molar-refractivity contribution >= 4 is 0 Å². The molecule has 0 amide bonds. The van der Waals surface area contributed by atoms with Gasteiger partial charge in [-0.05, 0) is 18.1 Å². The van der Waals surface area contributed by atoms with E-state index in [0.29, 0.717) is 26.2 Å². The molecule has 1 aromatic rings. The van der Waals surface area contributed by atoms with Crippen molar-refractivity contribution in [3.63, 3.8) is 0 Å². The van der Waals surface area contributed by atoms with Crippen LogP contribution in [0.1, 0.15) is 17.5 Å². The van der Waals surface area contributed by atoms with Gasteiger partial charge < -0.3 is 10.5 Å². The van der Waals surface area contributed by atoms with Crippen LogP contribution in [0.3, 0.4) is 0 Å². The molecule has 0 saturated carbocycles. The number of rotatable bonds is 4. The van der Waals surface area contributed by atoms with Gasteiger partial charge in [-0.3, -0.25) is 4.90 Å². The Bertz CT molecular complexity index is 526. The Labute approximate surface area is 122 Å². The second-order valence-electron chi connectivity index (χ2n) is 5.06. The predicted molar refractivity (Wildman–Crippen MR) is 74.9 cm³/mol. The number of hydrogen-bond acceptors (Lipinski definition) is 3. The van der Waals surface area contributed by atoms with Crippen LogP contribution < -0.4 is 10.5 Å². The Hall–Kier alpha value is -1.53. The van der Waals surface area contributed by atoms with Gasteiger partial charge in [-0.25, -0.2) is 0 Å². The van der Waals surface area contributed by atoms with Gasteiger partial charge in [0.05, 0.1) is 7.11 Å². The number of alkyl halides is 3. The fourth-order valence-corrected chi connectivity index (χ4v) is 2.43. The van der Waals surface area contributed by atoms with E-state index in [-0.39, 0.29) is 6.42 Å². The van der Waals surface area contributed by atoms with Crippen molar-refractivity contribution in [1.29, 1.82) is 0 Å². The summed E-state index contributed by atoms with van der Waals surface area (Å²) in [6, 6.07) is 5.73. The number of ether oxygens (including phenoxy) is 1. The summed E-state index contributed by atoms with van der Waals surface area (Å²) in [5, 5.41) is 0. The zero-order chi connectivity index (χ0) is 15.5. The van der Waals surface area contributed by atoms with Gasteiger partial charge in [-0.2, -0.15) is 13.2 Å². The van der Waals surface area contributed by atoms with Crippen LogP contribution in [0.2, 0.25) is 0 Å². The van der Waals surface area contributed by atoms with E-state index < -0.39 is 11.7 Å². The Morgan fingerprint density at radius 3 is 2.62 bits per heavy atom. The highest BCUT2D eigenvalue weighted by Gasteiger charge is 2.34. The molecule has 21 heavy (non-hydrogen) atoms. The fourth-order valence-electron chi connectivity index (χ4n) is 2.43. The minimum atomic E-state index is -4.20. The standard InChI is InChI=1S/C15H19F3N2O/c1-21-14-8-11(2-3-12(14)9-19)10-20-6-4-13(5-7-20)15(16,17)18/h2-4,8H,5-7,9-10,19H2,1H3. The van der Waals surface area contributed by atoms with E-state index >= 15 is 0 Å². The normalized spacial score (nSPS) is 16.7. The molecule has 1 aromatic carbocycles. The number of methoxy groups -OCH3 is 1. The number of hydrogen-bond donors (Lipinski definition) is 1. The van der Waals surface area contributed by atoms with Gasteiger partial charge >= 0.3 is 6.18 Å². The Morgan fingerprint density at radius 2 is 2.10 bits per heavy atom. The first kappa shape index (κ1) is 15.9. The first-order valence-corrected chi connectivity index (χ1v) is 6.78. The van der Waals surface area contributed by atoms with Gasteiger partial charge in [0.2, 0.25) is 0 Å². The van der Waals surface area contributed by atoms with Gasteiger partial charge in [0.1, 0.15) is 5.75 Å². The first-order valence-electron chi connectivity index (χ1n) is 6.78. The molecule has 0 atom stereocenters. The molecule has 2 rings (SSSR count). The number of nitrogens with zero attached hydrogens (tertiary/aromatic N) is 1. The molecule has 3 nitrogen and oxygen atoms in total. The highest BCUT2D eigenvalue weighted by Crippen LogP contribution is 2.30. The fraction of sp³-hybridized carbons (Fsp3) is 0.467. The molecule has 116 valence electrons. The number of benzene rings is 1. The van der Waals surface area contributed by atoms with Crippen LogP contribution in [0.4, 0.5) is 13.2 Å². The molecule has 0 fully saturated rings. The SMILES string of the molecule is COc1cc(CN2CC=C(C(F)(F)F)CC2)ccc1CN. The number of nitrogens with two attached hydrogens (primary N) is 1. The topological polar surface area (TPSA) is 38.5 Å². The molecule has 0 aliphatic carbocycles. The van der Waals surface area contributed by atoms with Crippen LogP contribution in [0.5, 0.6) is 5.75 Å². The van der Waals surface area contributed by atoms with E-state index in [1.165, 1.54) is 6.08 Å². The summed E-state index contributed by atoms with van der Waals surface area (Å²) in [6.07, 6.45) is -2.88. The highest BCUT2D eigenvalue weighted by molar-refractivity contribution is 5.37. The average Bonchev–Trinajstić information content (AvgIpc) is 2.46. The Kier molecular flexibility index (Phi) is 4.90. The third kappa shape index (κ3) is 3.98. The number of halogens is 3. The van der Waals surface area contributed by atoms with Crippen molar-refractivity contribution in [2.24, 2.45) is 5.73 Å². The molecule has 1 aliphatic rings. The molecule has 0 spiro atoms. The molecular weight excluding hydrogens is 281 g/mol. The van der Waals surface area contributed by atoms with Crippen LogP contribution in [-0.2, 0) is 13.1 Å². The summed E-state index contributed by atoms with van der Waals surface area (Å²) < 4.78 is 43.0. The summed E-state index contributed by atoms with van der Waals surface area (Å²) in [5.41, 5.74) is 7.11. The second kappa shape index (κ2) is 6.49. The maximum Gasteiger partial charge on any atom is 0.412 e. The molecule has 0 bridgehead atoms. The van der Waals surface area contributed by atoms with Crippen molar-refractivity contribution in [2.45, 2.75) is 25.7 Å². The molecule has 0 radical (unpaired) electrons. The van der Waals surface area contributed by atoms with Gasteiger partial charge in [0, 0.05) is 37.3 Å². The predicted octanol–water partition coefficient (Wildman–Crippen LogP) is 2.85. The van der Waals surface area contributed by atoms with Crippen LogP contribution in [-0.4, -0.2) is 31.3 Å². The third-order valence-corrected chi connectivity index (χ3v) is 3.63. The van der Waals surface area contributed by atoms with Crippen molar-refractivity contribution in [3.8, 4) is 5.75 Å². The maximum absolute atomic E-state index is 12.6. The molecule has 0 saturated heterocycles. The summed E-state index contributed by atoms with van der Waals surface area (Å²) >= 11 is 0. The lowest BCUT2D eigenvalue weighted by molar-refractivity contribution is -0.0960. The average molecular weight is 300 g/mol. The summed E-state index contributed by atoms with van der Waals surface area (Å²) in [4.78, 5) is 1.98. The van der Waals surface area contributed by atoms with Gasteiger partial charge in [0.15, 0.2) is 0 Å². The largest absolute Gasteiger partial charge is 0.496 e. The van der Waals surface area contributed by atoms with E-state index in [1.54, 1.807) is 7.11 Å². The van der Waals surface area contributed by atoms with E-state index in [4.69, 9.17) is 10.5 Å². The van der Waals surface area contributed by atoms with E-state index in [2.05, 4.69) is 0 Å². The van der Waals surface area contributed by atoms with Crippen molar-refractivity contribution in [3.05, 3.63) is 41.0 Å².